The molecule has 2 aromatic rings. The summed E-state index contributed by atoms with van der Waals surface area (Å²) in [6.07, 6.45) is 2.03. The molecule has 0 aliphatic carbocycles. The lowest BCUT2D eigenvalue weighted by molar-refractivity contribution is 0.103. The molecule has 0 amide bonds. The lowest BCUT2D eigenvalue weighted by atomic mass is 9.92. The highest BCUT2D eigenvalue weighted by molar-refractivity contribution is 6.10. The minimum Gasteiger partial charge on any atom is -0.497 e. The van der Waals surface area contributed by atoms with Gasteiger partial charge in [-0.05, 0) is 48.7 Å². The molecule has 3 heteroatoms. The van der Waals surface area contributed by atoms with Crippen molar-refractivity contribution in [2.45, 2.75) is 12.8 Å². The van der Waals surface area contributed by atoms with Crippen LogP contribution in [0.3, 0.4) is 0 Å². The lowest BCUT2D eigenvalue weighted by Gasteiger charge is -2.20. The average molecular weight is 267 g/mol. The number of hydrogen-bond donors (Lipinski definition) is 1. The second-order valence-electron chi connectivity index (χ2n) is 4.92. The molecule has 1 aliphatic heterocycles. The highest BCUT2D eigenvalue weighted by Gasteiger charge is 2.18. The zero-order valence-electron chi connectivity index (χ0n) is 11.5. The van der Waals surface area contributed by atoms with Crippen LogP contribution in [0.15, 0.2) is 42.5 Å². The number of carbonyl (C=O) groups excluding carboxylic acids is 1. The second-order valence-corrected chi connectivity index (χ2v) is 4.92. The van der Waals surface area contributed by atoms with Crippen LogP contribution in [0.1, 0.15) is 27.9 Å². The summed E-state index contributed by atoms with van der Waals surface area (Å²) >= 11 is 0. The van der Waals surface area contributed by atoms with E-state index in [1.54, 1.807) is 7.11 Å². The molecular formula is C17H17NO2. The number of carbonyl (C=O) groups is 1. The van der Waals surface area contributed by atoms with E-state index in [1.165, 1.54) is 0 Å². The van der Waals surface area contributed by atoms with Gasteiger partial charge in [0.1, 0.15) is 5.75 Å². The van der Waals surface area contributed by atoms with Crippen LogP contribution in [0, 0.1) is 0 Å². The molecule has 2 aromatic carbocycles. The molecule has 0 bridgehead atoms. The number of fused-ring (bicyclic) bond motifs is 1. The normalized spacial score (nSPS) is 13.2. The molecule has 0 atom stereocenters. The van der Waals surface area contributed by atoms with Crippen molar-refractivity contribution >= 4 is 11.5 Å². The van der Waals surface area contributed by atoms with Gasteiger partial charge in [0.15, 0.2) is 5.78 Å². The Morgan fingerprint density at radius 3 is 2.70 bits per heavy atom. The van der Waals surface area contributed by atoms with Gasteiger partial charge in [0.2, 0.25) is 0 Å². The van der Waals surface area contributed by atoms with Crippen LogP contribution < -0.4 is 10.1 Å². The Balaban J connectivity index is 1.97. The molecule has 0 fully saturated rings. The lowest BCUT2D eigenvalue weighted by Crippen LogP contribution is -2.15. The van der Waals surface area contributed by atoms with E-state index in [2.05, 4.69) is 5.32 Å². The highest BCUT2D eigenvalue weighted by Crippen LogP contribution is 2.27. The number of anilines is 1. The number of rotatable bonds is 3. The average Bonchev–Trinajstić information content (AvgIpc) is 2.54. The molecule has 0 saturated heterocycles. The van der Waals surface area contributed by atoms with Crippen molar-refractivity contribution in [1.82, 2.24) is 0 Å². The third kappa shape index (κ3) is 2.27. The summed E-state index contributed by atoms with van der Waals surface area (Å²) in [5.41, 5.74) is 3.74. The Morgan fingerprint density at radius 2 is 1.95 bits per heavy atom. The monoisotopic (exact) mass is 267 g/mol. The summed E-state index contributed by atoms with van der Waals surface area (Å²) < 4.78 is 5.12. The minimum atomic E-state index is 0.0770. The summed E-state index contributed by atoms with van der Waals surface area (Å²) in [6, 6.07) is 13.2. The number of nitrogens with one attached hydrogen (secondary N) is 1. The van der Waals surface area contributed by atoms with Crippen molar-refractivity contribution in [2.24, 2.45) is 0 Å². The zero-order valence-corrected chi connectivity index (χ0v) is 11.5. The first-order chi connectivity index (χ1) is 9.79. The molecular weight excluding hydrogens is 250 g/mol. The fraction of sp³-hybridized carbons (Fsp3) is 0.235. The predicted octanol–water partition coefficient (Wildman–Crippen LogP) is 3.28. The zero-order chi connectivity index (χ0) is 13.9. The number of methoxy groups -OCH3 is 1. The maximum atomic E-state index is 12.6. The number of ketones is 1. The molecule has 1 heterocycles. The van der Waals surface area contributed by atoms with E-state index in [0.29, 0.717) is 5.56 Å². The van der Waals surface area contributed by atoms with Crippen molar-refractivity contribution in [3.8, 4) is 5.75 Å². The molecule has 20 heavy (non-hydrogen) atoms. The number of ether oxygens (including phenoxy) is 1. The van der Waals surface area contributed by atoms with E-state index in [0.717, 1.165) is 42.0 Å². The molecule has 0 aromatic heterocycles. The van der Waals surface area contributed by atoms with Gasteiger partial charge in [-0.25, -0.2) is 0 Å². The molecule has 0 unspecified atom stereocenters. The van der Waals surface area contributed by atoms with Crippen LogP contribution in [0.2, 0.25) is 0 Å². The molecule has 0 spiro atoms. The molecule has 3 nitrogen and oxygen atoms in total. The van der Waals surface area contributed by atoms with Crippen LogP contribution in [-0.4, -0.2) is 19.4 Å². The summed E-state index contributed by atoms with van der Waals surface area (Å²) in [4.78, 5) is 12.6. The Hall–Kier alpha value is -2.29. The van der Waals surface area contributed by atoms with E-state index < -0.39 is 0 Å². The third-order valence-electron chi connectivity index (χ3n) is 3.69. The molecule has 0 radical (unpaired) electrons. The summed E-state index contributed by atoms with van der Waals surface area (Å²) in [6.45, 7) is 0.979. The van der Waals surface area contributed by atoms with Gasteiger partial charge in [0.25, 0.3) is 0 Å². The Morgan fingerprint density at radius 1 is 1.15 bits per heavy atom. The molecule has 102 valence electrons. The van der Waals surface area contributed by atoms with E-state index >= 15 is 0 Å². The van der Waals surface area contributed by atoms with Gasteiger partial charge < -0.3 is 10.1 Å². The fourth-order valence-corrected chi connectivity index (χ4v) is 2.62. The van der Waals surface area contributed by atoms with Gasteiger partial charge in [-0.2, -0.15) is 0 Å². The minimum absolute atomic E-state index is 0.0770. The summed E-state index contributed by atoms with van der Waals surface area (Å²) in [5, 5.41) is 3.36. The van der Waals surface area contributed by atoms with Gasteiger partial charge >= 0.3 is 0 Å². The van der Waals surface area contributed by atoms with E-state index in [4.69, 9.17) is 4.74 Å². The maximum Gasteiger partial charge on any atom is 0.193 e. The Kier molecular flexibility index (Phi) is 3.42. The van der Waals surface area contributed by atoms with Crippen molar-refractivity contribution in [3.05, 3.63) is 59.2 Å². The predicted molar refractivity (Wildman–Crippen MR) is 79.7 cm³/mol. The van der Waals surface area contributed by atoms with Crippen LogP contribution in [0.5, 0.6) is 5.75 Å². The van der Waals surface area contributed by atoms with Crippen molar-refractivity contribution < 1.29 is 9.53 Å². The van der Waals surface area contributed by atoms with Crippen molar-refractivity contribution in [3.63, 3.8) is 0 Å². The second kappa shape index (κ2) is 5.37. The molecule has 1 aliphatic rings. The van der Waals surface area contributed by atoms with Crippen LogP contribution in [-0.2, 0) is 6.42 Å². The number of hydrogen-bond acceptors (Lipinski definition) is 3. The van der Waals surface area contributed by atoms with Crippen LogP contribution in [0.25, 0.3) is 0 Å². The Labute approximate surface area is 118 Å². The van der Waals surface area contributed by atoms with Gasteiger partial charge in [0, 0.05) is 23.4 Å². The number of benzene rings is 2. The van der Waals surface area contributed by atoms with Gasteiger partial charge in [-0.1, -0.05) is 12.1 Å². The molecule has 1 N–H and O–H groups in total. The largest absolute Gasteiger partial charge is 0.497 e. The standard InChI is InChI=1S/C17H17NO2/c1-20-13-9-7-12(8-10-13)17(19)15-4-2-6-16-14(15)5-3-11-18-16/h2,4,6-10,18H,3,5,11H2,1H3. The van der Waals surface area contributed by atoms with Crippen LogP contribution >= 0.6 is 0 Å². The molecule has 3 rings (SSSR count). The molecule has 0 saturated carbocycles. The van der Waals surface area contributed by atoms with Gasteiger partial charge in [-0.3, -0.25) is 4.79 Å². The topological polar surface area (TPSA) is 38.3 Å². The quantitative estimate of drug-likeness (QED) is 0.867. The van der Waals surface area contributed by atoms with Crippen molar-refractivity contribution in [1.29, 1.82) is 0 Å². The summed E-state index contributed by atoms with van der Waals surface area (Å²) in [5.74, 6) is 0.839. The van der Waals surface area contributed by atoms with Crippen LogP contribution in [0.4, 0.5) is 5.69 Å². The van der Waals surface area contributed by atoms with Gasteiger partial charge in [0.05, 0.1) is 7.11 Å². The maximum absolute atomic E-state index is 12.6. The SMILES string of the molecule is COc1ccc(C(=O)c2cccc3c2CCCN3)cc1. The van der Waals surface area contributed by atoms with E-state index in [9.17, 15) is 4.79 Å². The van der Waals surface area contributed by atoms with E-state index in [-0.39, 0.29) is 5.78 Å². The third-order valence-corrected chi connectivity index (χ3v) is 3.69. The van der Waals surface area contributed by atoms with Crippen molar-refractivity contribution in [2.75, 3.05) is 19.0 Å². The highest BCUT2D eigenvalue weighted by atomic mass is 16.5. The fourth-order valence-electron chi connectivity index (χ4n) is 2.62. The summed E-state index contributed by atoms with van der Waals surface area (Å²) in [7, 11) is 1.62. The first-order valence-electron chi connectivity index (χ1n) is 6.84. The van der Waals surface area contributed by atoms with E-state index in [1.807, 2.05) is 42.5 Å². The first kappa shape index (κ1) is 12.7. The van der Waals surface area contributed by atoms with Gasteiger partial charge in [-0.15, -0.1) is 0 Å². The smallest absolute Gasteiger partial charge is 0.193 e. The first-order valence-corrected chi connectivity index (χ1v) is 6.84. The Bertz CT molecular complexity index is 632.